The number of benzene rings is 3. The van der Waals surface area contributed by atoms with Crippen LogP contribution in [0.15, 0.2) is 90.3 Å². The molecule has 5 rings (SSSR count). The fourth-order valence-corrected chi connectivity index (χ4v) is 6.31. The molecule has 1 aliphatic carbocycles. The highest BCUT2D eigenvalue weighted by molar-refractivity contribution is 7.90. The first kappa shape index (κ1) is 26.4. The lowest BCUT2D eigenvalue weighted by atomic mass is 9.87. The van der Waals surface area contributed by atoms with Gasteiger partial charge in [-0.3, -0.25) is 9.59 Å². The van der Waals surface area contributed by atoms with Gasteiger partial charge in [0, 0.05) is 42.6 Å². The number of carbonyl (C=O) groups excluding carboxylic acids is 2. The van der Waals surface area contributed by atoms with Crippen LogP contribution in [0.25, 0.3) is 0 Å². The molecule has 0 aliphatic heterocycles. The summed E-state index contributed by atoms with van der Waals surface area (Å²) in [4.78, 5) is 28.9. The average molecular weight is 544 g/mol. The van der Waals surface area contributed by atoms with E-state index in [0.29, 0.717) is 48.2 Å². The number of hydrogen-bond donors (Lipinski definition) is 1. The minimum atomic E-state index is -3.82. The SMILES string of the molecule is CNC(=O)c1ccc(S(=O)(=O)Cc2c(O[C@H](Cn3ccnc3)c3ccccc3)ccc3c2CCCC3=O)cc1. The summed E-state index contributed by atoms with van der Waals surface area (Å²) in [6.45, 7) is 0.465. The van der Waals surface area contributed by atoms with Crippen LogP contribution in [0.1, 0.15) is 56.4 Å². The summed E-state index contributed by atoms with van der Waals surface area (Å²) >= 11 is 0. The third-order valence-electron chi connectivity index (χ3n) is 6.93. The van der Waals surface area contributed by atoms with E-state index in [9.17, 15) is 18.0 Å². The number of fused-ring (bicyclic) bond motifs is 1. The predicted octanol–water partition coefficient (Wildman–Crippen LogP) is 4.56. The number of hydrogen-bond acceptors (Lipinski definition) is 6. The van der Waals surface area contributed by atoms with Gasteiger partial charge in [0.2, 0.25) is 0 Å². The Morgan fingerprint density at radius 3 is 2.51 bits per heavy atom. The number of imidazole rings is 1. The van der Waals surface area contributed by atoms with Crippen LogP contribution in [0.3, 0.4) is 0 Å². The van der Waals surface area contributed by atoms with Crippen LogP contribution in [0.4, 0.5) is 0 Å². The minimum Gasteiger partial charge on any atom is -0.484 e. The van der Waals surface area contributed by atoms with E-state index in [4.69, 9.17) is 4.74 Å². The monoisotopic (exact) mass is 543 g/mol. The lowest BCUT2D eigenvalue weighted by Crippen LogP contribution is -2.20. The summed E-state index contributed by atoms with van der Waals surface area (Å²) in [5.41, 5.74) is 3.08. The van der Waals surface area contributed by atoms with Crippen molar-refractivity contribution in [3.05, 3.63) is 113 Å². The Morgan fingerprint density at radius 2 is 1.82 bits per heavy atom. The van der Waals surface area contributed by atoms with E-state index in [0.717, 1.165) is 11.1 Å². The lowest BCUT2D eigenvalue weighted by molar-refractivity contribution is 0.0958. The van der Waals surface area contributed by atoms with E-state index in [1.165, 1.54) is 31.3 Å². The van der Waals surface area contributed by atoms with E-state index >= 15 is 0 Å². The van der Waals surface area contributed by atoms with E-state index < -0.39 is 15.9 Å². The average Bonchev–Trinajstić information content (AvgIpc) is 3.47. The van der Waals surface area contributed by atoms with Gasteiger partial charge in [0.25, 0.3) is 5.91 Å². The van der Waals surface area contributed by atoms with Crippen molar-refractivity contribution in [3.63, 3.8) is 0 Å². The fourth-order valence-electron chi connectivity index (χ4n) is 4.90. The summed E-state index contributed by atoms with van der Waals surface area (Å²) in [5.74, 6) is -0.183. The molecule has 1 amide bonds. The Hall–Kier alpha value is -4.24. The standard InChI is InChI=1S/C30H29N3O5S/c1-31-30(35)22-10-12-23(13-11-22)39(36,37)19-26-24-8-5-9-27(34)25(24)14-15-28(26)38-29(18-33-17-16-32-20-33)21-6-3-2-4-7-21/h2-4,6-7,10-17,20,29H,5,8-9,18-19H2,1H3,(H,31,35)/t29-/m1/s1. The highest BCUT2D eigenvalue weighted by Gasteiger charge is 2.28. The maximum absolute atomic E-state index is 13.6. The third-order valence-corrected chi connectivity index (χ3v) is 8.59. The zero-order chi connectivity index (χ0) is 27.4. The Morgan fingerprint density at radius 1 is 1.05 bits per heavy atom. The van der Waals surface area contributed by atoms with Crippen molar-refractivity contribution in [1.29, 1.82) is 0 Å². The molecule has 3 aromatic carbocycles. The first-order valence-electron chi connectivity index (χ1n) is 12.8. The van der Waals surface area contributed by atoms with Crippen molar-refractivity contribution in [3.8, 4) is 5.75 Å². The number of rotatable bonds is 9. The number of nitrogens with one attached hydrogen (secondary N) is 1. The summed E-state index contributed by atoms with van der Waals surface area (Å²) in [6, 6.07) is 19.0. The van der Waals surface area contributed by atoms with Crippen LogP contribution in [0, 0.1) is 0 Å². The first-order chi connectivity index (χ1) is 18.9. The Balaban J connectivity index is 1.54. The molecule has 1 aromatic heterocycles. The number of Topliss-reactive ketones (excluding diaryl/α,β-unsaturated/α-hetero) is 1. The van der Waals surface area contributed by atoms with Crippen LogP contribution in [-0.4, -0.2) is 36.7 Å². The van der Waals surface area contributed by atoms with Gasteiger partial charge in [0.15, 0.2) is 15.6 Å². The quantitative estimate of drug-likeness (QED) is 0.332. The van der Waals surface area contributed by atoms with Gasteiger partial charge in [0.1, 0.15) is 11.9 Å². The molecular formula is C30H29N3O5S. The molecular weight excluding hydrogens is 514 g/mol. The number of ether oxygens (including phenoxy) is 1. The lowest BCUT2D eigenvalue weighted by Gasteiger charge is -2.25. The minimum absolute atomic E-state index is 0.00871. The molecule has 4 aromatic rings. The topological polar surface area (TPSA) is 107 Å². The van der Waals surface area contributed by atoms with Gasteiger partial charge < -0.3 is 14.6 Å². The Bertz CT molecular complexity index is 1580. The molecule has 0 bridgehead atoms. The van der Waals surface area contributed by atoms with E-state index in [1.54, 1.807) is 24.7 Å². The molecule has 1 heterocycles. The second-order valence-corrected chi connectivity index (χ2v) is 11.5. The molecule has 8 nitrogen and oxygen atoms in total. The molecule has 39 heavy (non-hydrogen) atoms. The van der Waals surface area contributed by atoms with E-state index in [1.807, 2.05) is 41.1 Å². The maximum Gasteiger partial charge on any atom is 0.251 e. The first-order valence-corrected chi connectivity index (χ1v) is 14.4. The zero-order valence-corrected chi connectivity index (χ0v) is 22.4. The number of nitrogens with zero attached hydrogens (tertiary/aromatic N) is 2. The molecule has 1 atom stereocenters. The number of amides is 1. The van der Waals surface area contributed by atoms with Crippen molar-refractivity contribution < 1.29 is 22.7 Å². The van der Waals surface area contributed by atoms with Crippen molar-refractivity contribution in [2.75, 3.05) is 7.05 Å². The smallest absolute Gasteiger partial charge is 0.251 e. The Labute approximate surface area is 227 Å². The molecule has 0 fully saturated rings. The normalized spacial score (nSPS) is 13.9. The second-order valence-electron chi connectivity index (χ2n) is 9.48. The summed E-state index contributed by atoms with van der Waals surface area (Å²) in [5, 5.41) is 2.53. The zero-order valence-electron chi connectivity index (χ0n) is 21.5. The molecule has 9 heteroatoms. The second kappa shape index (κ2) is 11.2. The van der Waals surface area contributed by atoms with Crippen LogP contribution < -0.4 is 10.1 Å². The highest BCUT2D eigenvalue weighted by atomic mass is 32.2. The molecule has 1 N–H and O–H groups in total. The van der Waals surface area contributed by atoms with Crippen LogP contribution >= 0.6 is 0 Å². The van der Waals surface area contributed by atoms with Crippen molar-refractivity contribution in [2.45, 2.75) is 42.6 Å². The number of carbonyl (C=O) groups is 2. The highest BCUT2D eigenvalue weighted by Crippen LogP contribution is 2.36. The Kier molecular flexibility index (Phi) is 7.60. The predicted molar refractivity (Wildman–Crippen MR) is 146 cm³/mol. The van der Waals surface area contributed by atoms with Crippen LogP contribution in [-0.2, 0) is 28.6 Å². The molecule has 0 unspecified atom stereocenters. The summed E-state index contributed by atoms with van der Waals surface area (Å²) in [7, 11) is -2.31. The van der Waals surface area contributed by atoms with Gasteiger partial charge in [-0.1, -0.05) is 30.3 Å². The molecule has 0 saturated heterocycles. The largest absolute Gasteiger partial charge is 0.484 e. The van der Waals surface area contributed by atoms with Gasteiger partial charge in [-0.15, -0.1) is 0 Å². The van der Waals surface area contributed by atoms with Gasteiger partial charge in [-0.25, -0.2) is 13.4 Å². The fraction of sp³-hybridized carbons (Fsp3) is 0.233. The molecule has 1 aliphatic rings. The van der Waals surface area contributed by atoms with Crippen molar-refractivity contribution >= 4 is 21.5 Å². The van der Waals surface area contributed by atoms with Gasteiger partial charge >= 0.3 is 0 Å². The van der Waals surface area contributed by atoms with Crippen LogP contribution in [0.5, 0.6) is 5.75 Å². The van der Waals surface area contributed by atoms with Crippen molar-refractivity contribution in [2.24, 2.45) is 0 Å². The van der Waals surface area contributed by atoms with Gasteiger partial charge in [-0.2, -0.15) is 0 Å². The van der Waals surface area contributed by atoms with E-state index in [-0.39, 0.29) is 22.3 Å². The number of ketones is 1. The molecule has 0 radical (unpaired) electrons. The molecule has 0 spiro atoms. The molecule has 0 saturated carbocycles. The van der Waals surface area contributed by atoms with E-state index in [2.05, 4.69) is 10.3 Å². The molecule has 200 valence electrons. The number of aromatic nitrogens is 2. The maximum atomic E-state index is 13.6. The van der Waals surface area contributed by atoms with Crippen LogP contribution in [0.2, 0.25) is 0 Å². The summed E-state index contributed by atoms with van der Waals surface area (Å²) in [6.07, 6.45) is 6.51. The third kappa shape index (κ3) is 5.78. The summed E-state index contributed by atoms with van der Waals surface area (Å²) < 4.78 is 35.7. The van der Waals surface area contributed by atoms with Crippen molar-refractivity contribution in [1.82, 2.24) is 14.9 Å². The van der Waals surface area contributed by atoms with Gasteiger partial charge in [-0.05, 0) is 60.4 Å². The van der Waals surface area contributed by atoms with Gasteiger partial charge in [0.05, 0.1) is 23.5 Å². The number of sulfone groups is 1.